The SMILES string of the molecule is Cc1cc(C=C(C#N)c2ccc(C(=O)O)cc2)c(C)n1-c1ccc(Br)c(Cl)c1. The van der Waals surface area contributed by atoms with Gasteiger partial charge >= 0.3 is 5.97 Å². The number of nitrogens with zero attached hydrogens (tertiary/aromatic N) is 2. The average molecular weight is 456 g/mol. The largest absolute Gasteiger partial charge is 0.478 e. The lowest BCUT2D eigenvalue weighted by atomic mass is 10.0. The molecule has 1 heterocycles. The van der Waals surface area contributed by atoms with Crippen molar-refractivity contribution in [1.82, 2.24) is 4.57 Å². The monoisotopic (exact) mass is 454 g/mol. The van der Waals surface area contributed by atoms with Crippen LogP contribution in [-0.4, -0.2) is 15.6 Å². The standard InChI is InChI=1S/C22H16BrClN2O2/c1-13-9-17(14(2)26(13)19-7-8-20(23)21(24)11-19)10-18(12-25)15-3-5-16(6-4-15)22(27)28/h3-11H,1-2H3,(H,27,28). The molecule has 0 fully saturated rings. The first-order valence-electron chi connectivity index (χ1n) is 8.41. The third kappa shape index (κ3) is 3.89. The first-order chi connectivity index (χ1) is 13.3. The van der Waals surface area contributed by atoms with Crippen molar-refractivity contribution in [3.05, 3.63) is 86.1 Å². The minimum Gasteiger partial charge on any atom is -0.478 e. The van der Waals surface area contributed by atoms with Crippen molar-refractivity contribution in [2.45, 2.75) is 13.8 Å². The number of nitriles is 1. The molecule has 0 amide bonds. The van der Waals surface area contributed by atoms with Gasteiger partial charge in [-0.1, -0.05) is 23.7 Å². The van der Waals surface area contributed by atoms with Gasteiger partial charge in [0, 0.05) is 21.5 Å². The van der Waals surface area contributed by atoms with Gasteiger partial charge in [0.15, 0.2) is 0 Å². The second kappa shape index (κ2) is 8.05. The van der Waals surface area contributed by atoms with Crippen LogP contribution in [0.25, 0.3) is 17.3 Å². The lowest BCUT2D eigenvalue weighted by Crippen LogP contribution is -1.99. The van der Waals surface area contributed by atoms with E-state index in [-0.39, 0.29) is 5.56 Å². The maximum atomic E-state index is 11.0. The minimum atomic E-state index is -0.995. The van der Waals surface area contributed by atoms with E-state index < -0.39 is 5.97 Å². The van der Waals surface area contributed by atoms with Crippen LogP contribution in [0.5, 0.6) is 0 Å². The molecule has 0 saturated carbocycles. The van der Waals surface area contributed by atoms with Crippen LogP contribution in [0.4, 0.5) is 0 Å². The molecule has 0 aliphatic carbocycles. The number of aromatic nitrogens is 1. The molecular weight excluding hydrogens is 440 g/mol. The van der Waals surface area contributed by atoms with E-state index in [2.05, 4.69) is 26.6 Å². The number of allylic oxidation sites excluding steroid dienone is 1. The fraction of sp³-hybridized carbons (Fsp3) is 0.0909. The molecule has 140 valence electrons. The predicted octanol–water partition coefficient (Wildman–Crippen LogP) is 6.27. The van der Waals surface area contributed by atoms with E-state index in [4.69, 9.17) is 16.7 Å². The Hall–Kier alpha value is -2.81. The van der Waals surface area contributed by atoms with Gasteiger partial charge in [0.1, 0.15) is 0 Å². The average Bonchev–Trinajstić information content (AvgIpc) is 2.95. The smallest absolute Gasteiger partial charge is 0.335 e. The van der Waals surface area contributed by atoms with Crippen molar-refractivity contribution >= 4 is 45.1 Å². The van der Waals surface area contributed by atoms with Crippen molar-refractivity contribution in [3.63, 3.8) is 0 Å². The van der Waals surface area contributed by atoms with Crippen LogP contribution in [-0.2, 0) is 0 Å². The number of carboxylic acid groups (broad SMARTS) is 1. The molecule has 0 unspecified atom stereocenters. The number of halogens is 2. The molecule has 0 saturated heterocycles. The topological polar surface area (TPSA) is 66.0 Å². The Morgan fingerprint density at radius 1 is 1.14 bits per heavy atom. The molecule has 0 radical (unpaired) electrons. The summed E-state index contributed by atoms with van der Waals surface area (Å²) < 4.78 is 2.91. The number of aromatic carboxylic acids is 1. The lowest BCUT2D eigenvalue weighted by molar-refractivity contribution is 0.0697. The van der Waals surface area contributed by atoms with Crippen molar-refractivity contribution < 1.29 is 9.90 Å². The number of carbonyl (C=O) groups is 1. The highest BCUT2D eigenvalue weighted by Gasteiger charge is 2.12. The highest BCUT2D eigenvalue weighted by atomic mass is 79.9. The summed E-state index contributed by atoms with van der Waals surface area (Å²) in [5.41, 5.74) is 5.16. The van der Waals surface area contributed by atoms with Crippen molar-refractivity contribution in [3.8, 4) is 11.8 Å². The Bertz CT molecular complexity index is 1140. The van der Waals surface area contributed by atoms with Gasteiger partial charge in [0.05, 0.1) is 22.2 Å². The fourth-order valence-corrected chi connectivity index (χ4v) is 3.50. The van der Waals surface area contributed by atoms with E-state index in [1.165, 1.54) is 12.1 Å². The van der Waals surface area contributed by atoms with E-state index in [0.717, 1.165) is 27.1 Å². The van der Waals surface area contributed by atoms with Crippen LogP contribution >= 0.6 is 27.5 Å². The molecule has 1 aromatic heterocycles. The molecule has 3 rings (SSSR count). The van der Waals surface area contributed by atoms with E-state index in [1.807, 2.05) is 44.2 Å². The Morgan fingerprint density at radius 3 is 2.36 bits per heavy atom. The van der Waals surface area contributed by atoms with Gasteiger partial charge < -0.3 is 9.67 Å². The van der Waals surface area contributed by atoms with Crippen molar-refractivity contribution in [1.29, 1.82) is 5.26 Å². The summed E-state index contributed by atoms with van der Waals surface area (Å²) in [7, 11) is 0. The number of benzene rings is 2. The molecule has 0 aliphatic rings. The van der Waals surface area contributed by atoms with Crippen molar-refractivity contribution in [2.75, 3.05) is 0 Å². The Kier molecular flexibility index (Phi) is 5.73. The van der Waals surface area contributed by atoms with Crippen LogP contribution < -0.4 is 0 Å². The van der Waals surface area contributed by atoms with E-state index in [1.54, 1.807) is 12.1 Å². The minimum absolute atomic E-state index is 0.186. The van der Waals surface area contributed by atoms with Crippen molar-refractivity contribution in [2.24, 2.45) is 0 Å². The van der Waals surface area contributed by atoms with Crippen LogP contribution in [0.1, 0.15) is 32.9 Å². The van der Waals surface area contributed by atoms with E-state index in [0.29, 0.717) is 16.2 Å². The summed E-state index contributed by atoms with van der Waals surface area (Å²) >= 11 is 9.64. The first-order valence-corrected chi connectivity index (χ1v) is 9.59. The number of rotatable bonds is 4. The van der Waals surface area contributed by atoms with Crippen LogP contribution in [0.3, 0.4) is 0 Å². The summed E-state index contributed by atoms with van der Waals surface area (Å²) in [6.45, 7) is 3.98. The molecule has 28 heavy (non-hydrogen) atoms. The number of carboxylic acids is 1. The van der Waals surface area contributed by atoms with Crippen LogP contribution in [0.2, 0.25) is 5.02 Å². The zero-order valence-corrected chi connectivity index (χ0v) is 17.5. The van der Waals surface area contributed by atoms with E-state index >= 15 is 0 Å². The maximum absolute atomic E-state index is 11.0. The maximum Gasteiger partial charge on any atom is 0.335 e. The molecule has 0 aliphatic heterocycles. The van der Waals surface area contributed by atoms with Gasteiger partial charge in [-0.2, -0.15) is 5.26 Å². The highest BCUT2D eigenvalue weighted by Crippen LogP contribution is 2.29. The molecule has 0 atom stereocenters. The molecule has 4 nitrogen and oxygen atoms in total. The fourth-order valence-electron chi connectivity index (χ4n) is 3.08. The molecule has 6 heteroatoms. The molecule has 0 spiro atoms. The second-order valence-corrected chi connectivity index (χ2v) is 7.57. The Morgan fingerprint density at radius 2 is 1.79 bits per heavy atom. The van der Waals surface area contributed by atoms with Gasteiger partial charge in [0.25, 0.3) is 0 Å². The molecular formula is C22H16BrClN2O2. The predicted molar refractivity (Wildman–Crippen MR) is 115 cm³/mol. The normalized spacial score (nSPS) is 11.3. The quantitative estimate of drug-likeness (QED) is 0.471. The molecule has 2 aromatic carbocycles. The summed E-state index contributed by atoms with van der Waals surface area (Å²) in [4.78, 5) is 11.0. The molecule has 3 aromatic rings. The summed E-state index contributed by atoms with van der Waals surface area (Å²) in [5, 5.41) is 19.3. The molecule has 0 bridgehead atoms. The highest BCUT2D eigenvalue weighted by molar-refractivity contribution is 9.10. The second-order valence-electron chi connectivity index (χ2n) is 6.31. The lowest BCUT2D eigenvalue weighted by Gasteiger charge is -2.11. The van der Waals surface area contributed by atoms with Gasteiger partial charge in [-0.3, -0.25) is 0 Å². The van der Waals surface area contributed by atoms with Crippen LogP contribution in [0, 0.1) is 25.2 Å². The Balaban J connectivity index is 2.05. The van der Waals surface area contributed by atoms with Gasteiger partial charge in [-0.25, -0.2) is 4.79 Å². The van der Waals surface area contributed by atoms with E-state index in [9.17, 15) is 10.1 Å². The third-order valence-electron chi connectivity index (χ3n) is 4.49. The third-order valence-corrected chi connectivity index (χ3v) is 5.73. The zero-order chi connectivity index (χ0) is 20.4. The number of hydrogen-bond donors (Lipinski definition) is 1. The Labute approximate surface area is 176 Å². The van der Waals surface area contributed by atoms with Gasteiger partial charge in [-0.05, 0) is 83.4 Å². The summed E-state index contributed by atoms with van der Waals surface area (Å²) in [6, 6.07) is 16.3. The number of aryl methyl sites for hydroxylation is 1. The summed E-state index contributed by atoms with van der Waals surface area (Å²) in [5.74, 6) is -0.995. The summed E-state index contributed by atoms with van der Waals surface area (Å²) in [6.07, 6.45) is 1.81. The zero-order valence-electron chi connectivity index (χ0n) is 15.2. The first kappa shape index (κ1) is 19.9. The van der Waals surface area contributed by atoms with Crippen LogP contribution in [0.15, 0.2) is 53.0 Å². The van der Waals surface area contributed by atoms with Gasteiger partial charge in [-0.15, -0.1) is 0 Å². The van der Waals surface area contributed by atoms with Gasteiger partial charge in [0.2, 0.25) is 0 Å². The number of hydrogen-bond acceptors (Lipinski definition) is 2. The molecule has 1 N–H and O–H groups in total.